The Bertz CT molecular complexity index is 1530. The summed E-state index contributed by atoms with van der Waals surface area (Å²) in [6.07, 6.45) is 5.31. The zero-order valence-corrected chi connectivity index (χ0v) is 27.3. The third-order valence-corrected chi connectivity index (χ3v) is 10.3. The first-order valence-corrected chi connectivity index (χ1v) is 17.0. The van der Waals surface area contributed by atoms with E-state index in [9.17, 15) is 18.0 Å². The third-order valence-electron chi connectivity index (χ3n) is 7.70. The Kier molecular flexibility index (Phi) is 11.4. The molecule has 2 amide bonds. The van der Waals surface area contributed by atoms with Gasteiger partial charge in [-0.05, 0) is 80.3 Å². The van der Waals surface area contributed by atoms with E-state index in [-0.39, 0.29) is 29.1 Å². The lowest BCUT2D eigenvalue weighted by Crippen LogP contribution is -2.54. The summed E-state index contributed by atoms with van der Waals surface area (Å²) in [5.74, 6) is -0.824. The van der Waals surface area contributed by atoms with Gasteiger partial charge in [-0.1, -0.05) is 84.8 Å². The van der Waals surface area contributed by atoms with E-state index < -0.39 is 28.5 Å². The summed E-state index contributed by atoms with van der Waals surface area (Å²) >= 11 is 18.7. The zero-order chi connectivity index (χ0) is 31.1. The van der Waals surface area contributed by atoms with E-state index in [1.54, 1.807) is 54.6 Å². The van der Waals surface area contributed by atoms with Crippen molar-refractivity contribution in [2.75, 3.05) is 10.8 Å². The minimum atomic E-state index is -4.18. The van der Waals surface area contributed by atoms with Crippen molar-refractivity contribution in [2.45, 2.75) is 75.9 Å². The first-order chi connectivity index (χ1) is 20.5. The Hall–Kier alpha value is -2.78. The quantitative estimate of drug-likeness (QED) is 0.231. The summed E-state index contributed by atoms with van der Waals surface area (Å²) in [4.78, 5) is 29.4. The Labute approximate surface area is 269 Å². The van der Waals surface area contributed by atoms with Crippen molar-refractivity contribution in [1.82, 2.24) is 10.2 Å². The van der Waals surface area contributed by atoms with Crippen molar-refractivity contribution < 1.29 is 18.0 Å². The standard InChI is InChI=1S/C32H36Cl3N3O4S/c1-3-30(32(40)36-26-7-5-4-6-8-26)37(20-23-11-12-25(34)19-29(23)35)31(39)21-38(27-15-13-24(33)14-16-27)43(41,42)28-17-9-22(2)10-18-28/h9-19,26,30H,3-8,20-21H2,1-2H3,(H,36,40)/t30-/m0/s1. The number of hydrogen-bond donors (Lipinski definition) is 1. The molecule has 0 unspecified atom stereocenters. The third kappa shape index (κ3) is 8.44. The van der Waals surface area contributed by atoms with Crippen LogP contribution in [0.4, 0.5) is 5.69 Å². The summed E-state index contributed by atoms with van der Waals surface area (Å²) in [7, 11) is -4.18. The number of hydrogen-bond acceptors (Lipinski definition) is 4. The normalized spacial score (nSPS) is 14.6. The molecule has 11 heteroatoms. The van der Waals surface area contributed by atoms with Gasteiger partial charge < -0.3 is 10.2 Å². The largest absolute Gasteiger partial charge is 0.352 e. The highest BCUT2D eigenvalue weighted by Gasteiger charge is 2.34. The number of nitrogens with zero attached hydrogens (tertiary/aromatic N) is 2. The molecule has 0 radical (unpaired) electrons. The van der Waals surface area contributed by atoms with Crippen molar-refractivity contribution in [3.63, 3.8) is 0 Å². The lowest BCUT2D eigenvalue weighted by molar-refractivity contribution is -0.140. The number of carbonyl (C=O) groups is 2. The SMILES string of the molecule is CC[C@@H](C(=O)NC1CCCCC1)N(Cc1ccc(Cl)cc1Cl)C(=O)CN(c1ccc(Cl)cc1)S(=O)(=O)c1ccc(C)cc1. The Morgan fingerprint density at radius 3 is 2.14 bits per heavy atom. The van der Waals surface area contributed by atoms with Gasteiger partial charge in [0.25, 0.3) is 10.0 Å². The van der Waals surface area contributed by atoms with Crippen LogP contribution in [0.25, 0.3) is 0 Å². The fourth-order valence-corrected chi connectivity index (χ4v) is 7.28. The highest BCUT2D eigenvalue weighted by atomic mass is 35.5. The minimum Gasteiger partial charge on any atom is -0.352 e. The number of halogens is 3. The van der Waals surface area contributed by atoms with E-state index in [2.05, 4.69) is 5.32 Å². The molecule has 0 aromatic heterocycles. The number of aryl methyl sites for hydroxylation is 1. The maximum absolute atomic E-state index is 14.3. The smallest absolute Gasteiger partial charge is 0.264 e. The number of sulfonamides is 1. The molecular formula is C32H36Cl3N3O4S. The van der Waals surface area contributed by atoms with Gasteiger partial charge in [-0.25, -0.2) is 8.42 Å². The van der Waals surface area contributed by atoms with Crippen LogP contribution in [0, 0.1) is 6.92 Å². The molecule has 1 saturated carbocycles. The number of benzene rings is 3. The van der Waals surface area contributed by atoms with Crippen molar-refractivity contribution >= 4 is 62.3 Å². The summed E-state index contributed by atoms with van der Waals surface area (Å²) < 4.78 is 29.0. The van der Waals surface area contributed by atoms with Crippen LogP contribution in [0.3, 0.4) is 0 Å². The zero-order valence-electron chi connectivity index (χ0n) is 24.2. The van der Waals surface area contributed by atoms with Crippen LogP contribution in [0.2, 0.25) is 15.1 Å². The van der Waals surface area contributed by atoms with E-state index in [0.717, 1.165) is 42.0 Å². The minimum absolute atomic E-state index is 0.00946. The number of nitrogens with one attached hydrogen (secondary N) is 1. The van der Waals surface area contributed by atoms with E-state index >= 15 is 0 Å². The number of carbonyl (C=O) groups excluding carboxylic acids is 2. The molecule has 1 N–H and O–H groups in total. The topological polar surface area (TPSA) is 86.8 Å². The first kappa shape index (κ1) is 33.1. The van der Waals surface area contributed by atoms with Crippen LogP contribution in [0.15, 0.2) is 71.6 Å². The molecule has 1 atom stereocenters. The summed E-state index contributed by atoms with van der Waals surface area (Å²) in [6, 6.07) is 16.8. The molecule has 230 valence electrons. The fourth-order valence-electron chi connectivity index (χ4n) is 5.27. The Balaban J connectivity index is 1.72. The predicted octanol–water partition coefficient (Wildman–Crippen LogP) is 7.41. The lowest BCUT2D eigenvalue weighted by Gasteiger charge is -2.34. The highest BCUT2D eigenvalue weighted by molar-refractivity contribution is 7.92. The maximum Gasteiger partial charge on any atom is 0.264 e. The second-order valence-electron chi connectivity index (χ2n) is 10.8. The van der Waals surface area contributed by atoms with Gasteiger partial charge in [0.15, 0.2) is 0 Å². The van der Waals surface area contributed by atoms with Crippen LogP contribution in [-0.2, 0) is 26.2 Å². The van der Waals surface area contributed by atoms with Crippen molar-refractivity contribution in [2.24, 2.45) is 0 Å². The van der Waals surface area contributed by atoms with Gasteiger partial charge in [0.05, 0.1) is 10.6 Å². The second-order valence-corrected chi connectivity index (χ2v) is 14.0. The van der Waals surface area contributed by atoms with Crippen molar-refractivity contribution in [1.29, 1.82) is 0 Å². The average molecular weight is 665 g/mol. The van der Waals surface area contributed by atoms with Crippen molar-refractivity contribution in [3.8, 4) is 0 Å². The highest BCUT2D eigenvalue weighted by Crippen LogP contribution is 2.28. The molecule has 1 aliphatic rings. The number of amides is 2. The lowest BCUT2D eigenvalue weighted by atomic mass is 9.95. The van der Waals surface area contributed by atoms with Gasteiger partial charge >= 0.3 is 0 Å². The maximum atomic E-state index is 14.3. The Morgan fingerprint density at radius 1 is 0.907 bits per heavy atom. The van der Waals surface area contributed by atoms with E-state index in [1.807, 2.05) is 13.8 Å². The average Bonchev–Trinajstić information content (AvgIpc) is 2.98. The molecule has 0 heterocycles. The van der Waals surface area contributed by atoms with Crippen molar-refractivity contribution in [3.05, 3.63) is 92.9 Å². The van der Waals surface area contributed by atoms with Crippen LogP contribution >= 0.6 is 34.8 Å². The van der Waals surface area contributed by atoms with Gasteiger partial charge in [0.1, 0.15) is 12.6 Å². The van der Waals surface area contributed by atoms with Crippen LogP contribution in [0.1, 0.15) is 56.6 Å². The molecule has 0 aliphatic heterocycles. The Morgan fingerprint density at radius 2 is 1.53 bits per heavy atom. The first-order valence-electron chi connectivity index (χ1n) is 14.4. The van der Waals surface area contributed by atoms with E-state index in [0.29, 0.717) is 27.1 Å². The van der Waals surface area contributed by atoms with Gasteiger partial charge in [-0.2, -0.15) is 0 Å². The summed E-state index contributed by atoms with van der Waals surface area (Å²) in [6.45, 7) is 3.13. The fraction of sp³-hybridized carbons (Fsp3) is 0.375. The predicted molar refractivity (Wildman–Crippen MR) is 173 cm³/mol. The molecule has 0 bridgehead atoms. The molecule has 1 aliphatic carbocycles. The summed E-state index contributed by atoms with van der Waals surface area (Å²) in [5, 5.41) is 4.34. The molecule has 43 heavy (non-hydrogen) atoms. The molecular weight excluding hydrogens is 629 g/mol. The summed E-state index contributed by atoms with van der Waals surface area (Å²) in [5.41, 5.74) is 1.75. The van der Waals surface area contributed by atoms with Gasteiger partial charge in [0.2, 0.25) is 11.8 Å². The molecule has 0 saturated heterocycles. The van der Waals surface area contributed by atoms with E-state index in [4.69, 9.17) is 34.8 Å². The van der Waals surface area contributed by atoms with Gasteiger partial charge in [0, 0.05) is 27.7 Å². The second kappa shape index (κ2) is 14.8. The number of rotatable bonds is 11. The van der Waals surface area contributed by atoms with Gasteiger partial charge in [-0.15, -0.1) is 0 Å². The molecule has 3 aromatic rings. The molecule has 0 spiro atoms. The monoisotopic (exact) mass is 663 g/mol. The van der Waals surface area contributed by atoms with Gasteiger partial charge in [-0.3, -0.25) is 13.9 Å². The van der Waals surface area contributed by atoms with Crippen LogP contribution in [0.5, 0.6) is 0 Å². The van der Waals surface area contributed by atoms with E-state index in [1.165, 1.54) is 17.0 Å². The molecule has 7 nitrogen and oxygen atoms in total. The van der Waals surface area contributed by atoms with Crippen LogP contribution < -0.4 is 9.62 Å². The molecule has 4 rings (SSSR count). The molecule has 3 aromatic carbocycles. The number of anilines is 1. The van der Waals surface area contributed by atoms with Crippen LogP contribution in [-0.4, -0.2) is 43.8 Å². The molecule has 1 fully saturated rings.